The van der Waals surface area contributed by atoms with Gasteiger partial charge >= 0.3 is 0 Å². The number of unbranched alkanes of at least 4 members (excludes halogenated alkanes) is 7. The molecule has 0 N–H and O–H groups in total. The van der Waals surface area contributed by atoms with E-state index in [1.807, 2.05) is 36.7 Å². The van der Waals surface area contributed by atoms with E-state index in [2.05, 4.69) is 30.7 Å². The number of aryl methyl sites for hydroxylation is 1. The number of ether oxygens (including phenoxy) is 1. The van der Waals surface area contributed by atoms with Crippen LogP contribution >= 0.6 is 0 Å². The molecule has 2 unspecified atom stereocenters. The first-order chi connectivity index (χ1) is 15.1. The maximum atomic E-state index is 14.0. The molecule has 0 saturated heterocycles. The highest BCUT2D eigenvalue weighted by atomic mass is 19.1. The van der Waals surface area contributed by atoms with Crippen LogP contribution in [0.5, 0.6) is 5.75 Å². The van der Waals surface area contributed by atoms with Gasteiger partial charge in [0.15, 0.2) is 5.82 Å². The fourth-order valence-electron chi connectivity index (χ4n) is 3.65. The summed E-state index contributed by atoms with van der Waals surface area (Å²) < 4.78 is 19.6. The Morgan fingerprint density at radius 3 is 2.10 bits per heavy atom. The fraction of sp³-hybridized carbons (Fsp3) is 0.630. The Morgan fingerprint density at radius 1 is 0.871 bits per heavy atom. The molecular formula is C27H41FN2O. The third-order valence-electron chi connectivity index (χ3n) is 5.92. The molecule has 1 heterocycles. The highest BCUT2D eigenvalue weighted by Gasteiger charge is 2.12. The maximum absolute atomic E-state index is 14.0. The van der Waals surface area contributed by atoms with Crippen LogP contribution in [0.1, 0.15) is 90.5 Å². The predicted molar refractivity (Wildman–Crippen MR) is 128 cm³/mol. The summed E-state index contributed by atoms with van der Waals surface area (Å²) in [6.45, 7) is 6.52. The fourth-order valence-corrected chi connectivity index (χ4v) is 3.65. The van der Waals surface area contributed by atoms with E-state index in [-0.39, 0.29) is 6.61 Å². The first kappa shape index (κ1) is 25.3. The molecule has 0 aliphatic carbocycles. The van der Waals surface area contributed by atoms with Crippen LogP contribution in [-0.4, -0.2) is 22.7 Å². The van der Waals surface area contributed by atoms with E-state index in [0.717, 1.165) is 18.4 Å². The summed E-state index contributed by atoms with van der Waals surface area (Å²) in [6, 6.07) is 7.60. The highest BCUT2D eigenvalue weighted by Crippen LogP contribution is 2.21. The lowest BCUT2D eigenvalue weighted by molar-refractivity contribution is 0.170. The topological polar surface area (TPSA) is 35.0 Å². The summed E-state index contributed by atoms with van der Waals surface area (Å²) in [5.74, 6) is 1.78. The quantitative estimate of drug-likeness (QED) is 0.254. The molecule has 0 radical (unpaired) electrons. The van der Waals surface area contributed by atoms with E-state index in [9.17, 15) is 4.39 Å². The average molecular weight is 429 g/mol. The normalized spacial score (nSPS) is 13.2. The van der Waals surface area contributed by atoms with E-state index in [1.165, 1.54) is 56.9 Å². The Morgan fingerprint density at radius 2 is 1.48 bits per heavy atom. The average Bonchev–Trinajstić information content (AvgIpc) is 2.80. The zero-order valence-electron chi connectivity index (χ0n) is 19.8. The lowest BCUT2D eigenvalue weighted by atomic mass is 10.0. The highest BCUT2D eigenvalue weighted by molar-refractivity contribution is 5.55. The van der Waals surface area contributed by atoms with Gasteiger partial charge in [0, 0.05) is 18.0 Å². The smallest absolute Gasteiger partial charge is 0.159 e. The van der Waals surface area contributed by atoms with Crippen LogP contribution in [0.2, 0.25) is 0 Å². The summed E-state index contributed by atoms with van der Waals surface area (Å²) in [5.41, 5.74) is 2.15. The molecule has 2 atom stereocenters. The summed E-state index contributed by atoms with van der Waals surface area (Å²) in [4.78, 5) is 9.06. The van der Waals surface area contributed by atoms with Crippen molar-refractivity contribution in [2.24, 2.45) is 5.92 Å². The van der Waals surface area contributed by atoms with Crippen LogP contribution < -0.4 is 4.74 Å². The van der Waals surface area contributed by atoms with Crippen LogP contribution in [0, 0.1) is 5.92 Å². The molecule has 0 aliphatic rings. The van der Waals surface area contributed by atoms with Crippen molar-refractivity contribution in [2.75, 3.05) is 6.61 Å². The number of benzene rings is 1. The van der Waals surface area contributed by atoms with Gasteiger partial charge < -0.3 is 4.74 Å². The Bertz CT molecular complexity index is 702. The molecule has 0 spiro atoms. The molecule has 0 saturated carbocycles. The van der Waals surface area contributed by atoms with Crippen molar-refractivity contribution in [3.05, 3.63) is 42.2 Å². The maximum Gasteiger partial charge on any atom is 0.159 e. The van der Waals surface area contributed by atoms with Gasteiger partial charge in [-0.1, -0.05) is 72.1 Å². The Hall–Kier alpha value is -1.97. The number of halogens is 1. The molecule has 0 fully saturated rings. The van der Waals surface area contributed by atoms with Crippen molar-refractivity contribution < 1.29 is 9.13 Å². The van der Waals surface area contributed by atoms with Gasteiger partial charge in [-0.3, -0.25) is 0 Å². The molecule has 31 heavy (non-hydrogen) atoms. The molecular weight excluding hydrogens is 387 g/mol. The third kappa shape index (κ3) is 10.3. The second kappa shape index (κ2) is 14.9. The van der Waals surface area contributed by atoms with Crippen LogP contribution in [0.4, 0.5) is 4.39 Å². The van der Waals surface area contributed by atoms with Gasteiger partial charge in [-0.15, -0.1) is 0 Å². The molecule has 0 aliphatic heterocycles. The largest absolute Gasteiger partial charge is 0.491 e. The summed E-state index contributed by atoms with van der Waals surface area (Å²) in [7, 11) is 0. The molecule has 0 amide bonds. The number of aromatic nitrogens is 2. The second-order valence-electron chi connectivity index (χ2n) is 8.82. The molecule has 2 rings (SSSR count). The molecule has 1 aromatic heterocycles. The van der Waals surface area contributed by atoms with Crippen molar-refractivity contribution in [1.29, 1.82) is 0 Å². The van der Waals surface area contributed by atoms with Gasteiger partial charge in [0.05, 0.1) is 0 Å². The van der Waals surface area contributed by atoms with Gasteiger partial charge in [0.25, 0.3) is 0 Å². The number of alkyl halides is 1. The Balaban J connectivity index is 1.71. The SMILES string of the molecule is CCCCCCCCCCc1cnc(-c2ccc(OCC(F)CC(C)CC)cc2)nc1. The van der Waals surface area contributed by atoms with Gasteiger partial charge in [-0.2, -0.15) is 0 Å². The Labute approximate surface area is 188 Å². The lowest BCUT2D eigenvalue weighted by Gasteiger charge is -2.14. The third-order valence-corrected chi connectivity index (χ3v) is 5.92. The first-order valence-corrected chi connectivity index (χ1v) is 12.3. The summed E-state index contributed by atoms with van der Waals surface area (Å²) >= 11 is 0. The molecule has 4 heteroatoms. The minimum Gasteiger partial charge on any atom is -0.491 e. The van der Waals surface area contributed by atoms with Crippen molar-refractivity contribution in [2.45, 2.75) is 97.6 Å². The standard InChI is InChI=1S/C27H41FN2O/c1-4-6-7-8-9-10-11-12-13-23-19-29-27(30-20-23)24-14-16-26(17-15-24)31-21-25(28)18-22(3)5-2/h14-17,19-20,22,25H,4-13,18,21H2,1-3H3. The molecule has 172 valence electrons. The van der Waals surface area contributed by atoms with Gasteiger partial charge in [0.1, 0.15) is 18.5 Å². The number of hydrogen-bond acceptors (Lipinski definition) is 3. The molecule has 2 aromatic rings. The van der Waals surface area contributed by atoms with Crippen molar-refractivity contribution in [1.82, 2.24) is 9.97 Å². The Kier molecular flexibility index (Phi) is 12.2. The lowest BCUT2D eigenvalue weighted by Crippen LogP contribution is -2.15. The number of hydrogen-bond donors (Lipinski definition) is 0. The van der Waals surface area contributed by atoms with Crippen LogP contribution in [0.15, 0.2) is 36.7 Å². The minimum atomic E-state index is -0.924. The zero-order chi connectivity index (χ0) is 22.3. The number of rotatable bonds is 16. The molecule has 0 bridgehead atoms. The summed E-state index contributed by atoms with van der Waals surface area (Å²) in [6.07, 6.45) is 16.2. The van der Waals surface area contributed by atoms with Gasteiger partial charge in [0.2, 0.25) is 0 Å². The van der Waals surface area contributed by atoms with Crippen molar-refractivity contribution in [3.8, 4) is 17.1 Å². The number of nitrogens with zero attached hydrogens (tertiary/aromatic N) is 2. The molecule has 1 aromatic carbocycles. The first-order valence-electron chi connectivity index (χ1n) is 12.3. The van der Waals surface area contributed by atoms with Crippen LogP contribution in [0.3, 0.4) is 0 Å². The van der Waals surface area contributed by atoms with E-state index < -0.39 is 6.17 Å². The van der Waals surface area contributed by atoms with Gasteiger partial charge in [-0.05, 0) is 55.0 Å². The van der Waals surface area contributed by atoms with E-state index in [1.54, 1.807) is 0 Å². The monoisotopic (exact) mass is 428 g/mol. The summed E-state index contributed by atoms with van der Waals surface area (Å²) in [5, 5.41) is 0. The van der Waals surface area contributed by atoms with E-state index >= 15 is 0 Å². The van der Waals surface area contributed by atoms with Crippen molar-refractivity contribution >= 4 is 0 Å². The van der Waals surface area contributed by atoms with Crippen LogP contribution in [0.25, 0.3) is 11.4 Å². The second-order valence-corrected chi connectivity index (χ2v) is 8.82. The van der Waals surface area contributed by atoms with Crippen LogP contribution in [-0.2, 0) is 6.42 Å². The van der Waals surface area contributed by atoms with E-state index in [4.69, 9.17) is 4.74 Å². The van der Waals surface area contributed by atoms with E-state index in [0.29, 0.717) is 23.9 Å². The van der Waals surface area contributed by atoms with Gasteiger partial charge in [-0.25, -0.2) is 14.4 Å². The molecule has 3 nitrogen and oxygen atoms in total. The zero-order valence-corrected chi connectivity index (χ0v) is 19.8. The van der Waals surface area contributed by atoms with Crippen molar-refractivity contribution in [3.63, 3.8) is 0 Å². The minimum absolute atomic E-state index is 0.105. The predicted octanol–water partition coefficient (Wildman–Crippen LogP) is 7.98.